The van der Waals surface area contributed by atoms with Crippen LogP contribution < -0.4 is 16.0 Å². The fraction of sp³-hybridized carbons (Fsp3) is 0.556. The first kappa shape index (κ1) is 24.5. The molecule has 3 aliphatic rings. The second-order valence-corrected chi connectivity index (χ2v) is 10.3. The van der Waals surface area contributed by atoms with Crippen LogP contribution in [0.5, 0.6) is 0 Å². The number of carbonyl (C=O) groups excluding carboxylic acids is 3. The highest BCUT2D eigenvalue weighted by Crippen LogP contribution is 2.45. The Morgan fingerprint density at radius 2 is 1.83 bits per heavy atom. The fourth-order valence-electron chi connectivity index (χ4n) is 5.97. The minimum atomic E-state index is -0.657. The Labute approximate surface area is 211 Å². The lowest BCUT2D eigenvalue weighted by Gasteiger charge is -2.31. The standard InChI is InChI=1S/C27H35N5O4/c1-32-22(11-14-28-32)24(33)31-23(18-7-5-3-2-4-6-8-18)25(34)29-19-9-10-20-21(17-19)30-26(35)27(20)12-15-36-16-13-27/h9-11,14,17-18,23H,2-8,12-13,15-16H2,1H3,(H,29,34)(H,30,35)(H,31,33)/t23-/m0/s1. The summed E-state index contributed by atoms with van der Waals surface area (Å²) in [5, 5.41) is 13.1. The normalized spacial score (nSPS) is 20.6. The van der Waals surface area contributed by atoms with Crippen molar-refractivity contribution >= 4 is 29.1 Å². The summed E-state index contributed by atoms with van der Waals surface area (Å²) in [5.74, 6) is -0.483. The molecule has 3 heterocycles. The first-order valence-corrected chi connectivity index (χ1v) is 13.1. The Morgan fingerprint density at radius 1 is 1.11 bits per heavy atom. The van der Waals surface area contributed by atoms with Crippen LogP contribution in [0.3, 0.4) is 0 Å². The van der Waals surface area contributed by atoms with E-state index in [9.17, 15) is 14.4 Å². The molecule has 2 fully saturated rings. The van der Waals surface area contributed by atoms with Crippen molar-refractivity contribution in [1.82, 2.24) is 15.1 Å². The lowest BCUT2D eigenvalue weighted by Crippen LogP contribution is -2.49. The van der Waals surface area contributed by atoms with E-state index in [1.807, 2.05) is 18.2 Å². The van der Waals surface area contributed by atoms with Crippen LogP contribution >= 0.6 is 0 Å². The zero-order chi connectivity index (χ0) is 25.1. The molecule has 1 saturated heterocycles. The summed E-state index contributed by atoms with van der Waals surface area (Å²) in [5.41, 5.74) is 2.18. The molecule has 0 radical (unpaired) electrons. The maximum atomic E-state index is 13.6. The van der Waals surface area contributed by atoms with E-state index in [0.29, 0.717) is 37.4 Å². The van der Waals surface area contributed by atoms with Crippen molar-refractivity contribution in [3.8, 4) is 0 Å². The van der Waals surface area contributed by atoms with Crippen LogP contribution in [-0.4, -0.2) is 46.8 Å². The van der Waals surface area contributed by atoms with Gasteiger partial charge < -0.3 is 20.7 Å². The Bertz CT molecular complexity index is 1130. The molecule has 36 heavy (non-hydrogen) atoms. The van der Waals surface area contributed by atoms with Gasteiger partial charge in [0.05, 0.1) is 5.41 Å². The molecule has 2 aliphatic heterocycles. The van der Waals surface area contributed by atoms with Crippen molar-refractivity contribution in [1.29, 1.82) is 0 Å². The van der Waals surface area contributed by atoms with E-state index >= 15 is 0 Å². The third-order valence-corrected chi connectivity index (χ3v) is 8.08. The third-order valence-electron chi connectivity index (χ3n) is 8.08. The summed E-state index contributed by atoms with van der Waals surface area (Å²) in [6, 6.07) is 6.61. The number of rotatable bonds is 5. The van der Waals surface area contributed by atoms with Crippen molar-refractivity contribution in [2.75, 3.05) is 23.8 Å². The molecule has 192 valence electrons. The molecular formula is C27H35N5O4. The number of fused-ring (bicyclic) bond motifs is 2. The molecule has 3 N–H and O–H groups in total. The van der Waals surface area contributed by atoms with Crippen LogP contribution in [0.15, 0.2) is 30.5 Å². The zero-order valence-corrected chi connectivity index (χ0v) is 20.8. The van der Waals surface area contributed by atoms with Crippen LogP contribution in [-0.2, 0) is 26.8 Å². The first-order valence-electron chi connectivity index (χ1n) is 13.1. The molecule has 3 amide bonds. The topological polar surface area (TPSA) is 114 Å². The van der Waals surface area contributed by atoms with E-state index in [-0.39, 0.29) is 23.6 Å². The number of hydrogen-bond donors (Lipinski definition) is 3. The van der Waals surface area contributed by atoms with Crippen molar-refractivity contribution in [3.63, 3.8) is 0 Å². The predicted molar refractivity (Wildman–Crippen MR) is 136 cm³/mol. The molecule has 0 unspecified atom stereocenters. The van der Waals surface area contributed by atoms with Crippen molar-refractivity contribution in [2.24, 2.45) is 13.0 Å². The van der Waals surface area contributed by atoms with Gasteiger partial charge in [-0.25, -0.2) is 0 Å². The molecule has 1 aromatic carbocycles. The number of nitrogens with zero attached hydrogens (tertiary/aromatic N) is 2. The van der Waals surface area contributed by atoms with Gasteiger partial charge in [0.25, 0.3) is 5.91 Å². The van der Waals surface area contributed by atoms with Crippen molar-refractivity contribution in [2.45, 2.75) is 69.2 Å². The maximum Gasteiger partial charge on any atom is 0.270 e. The number of aromatic nitrogens is 2. The van der Waals surface area contributed by atoms with E-state index in [1.165, 1.54) is 11.1 Å². The van der Waals surface area contributed by atoms with E-state index in [4.69, 9.17) is 4.74 Å². The van der Waals surface area contributed by atoms with Crippen molar-refractivity contribution < 1.29 is 19.1 Å². The molecule has 9 heteroatoms. The summed E-state index contributed by atoms with van der Waals surface area (Å²) in [7, 11) is 1.71. The summed E-state index contributed by atoms with van der Waals surface area (Å²) in [6.45, 7) is 1.12. The number of carbonyl (C=O) groups is 3. The minimum absolute atomic E-state index is 0.000106. The summed E-state index contributed by atoms with van der Waals surface area (Å²) >= 11 is 0. The van der Waals surface area contributed by atoms with Gasteiger partial charge in [-0.2, -0.15) is 5.10 Å². The monoisotopic (exact) mass is 493 g/mol. The van der Waals surface area contributed by atoms with Gasteiger partial charge in [-0.15, -0.1) is 0 Å². The van der Waals surface area contributed by atoms with Gasteiger partial charge in [-0.3, -0.25) is 19.1 Å². The lowest BCUT2D eigenvalue weighted by molar-refractivity contribution is -0.124. The van der Waals surface area contributed by atoms with Crippen LogP contribution in [0.1, 0.15) is 73.8 Å². The predicted octanol–water partition coefficient (Wildman–Crippen LogP) is 3.52. The molecule has 0 bridgehead atoms. The Morgan fingerprint density at radius 3 is 2.53 bits per heavy atom. The number of amides is 3. The quantitative estimate of drug-likeness (QED) is 0.590. The minimum Gasteiger partial charge on any atom is -0.381 e. The number of nitrogens with one attached hydrogen (secondary N) is 3. The van der Waals surface area contributed by atoms with Gasteiger partial charge in [0.15, 0.2) is 0 Å². The van der Waals surface area contributed by atoms with Crippen LogP contribution in [0.4, 0.5) is 11.4 Å². The van der Waals surface area contributed by atoms with Crippen molar-refractivity contribution in [3.05, 3.63) is 41.7 Å². The average Bonchev–Trinajstić information content (AvgIpc) is 3.39. The van der Waals surface area contributed by atoms with Crippen LogP contribution in [0.2, 0.25) is 0 Å². The highest BCUT2D eigenvalue weighted by molar-refractivity contribution is 6.07. The summed E-state index contributed by atoms with van der Waals surface area (Å²) < 4.78 is 7.00. The Kier molecular flexibility index (Phi) is 7.09. The van der Waals surface area contributed by atoms with Gasteiger partial charge in [-0.05, 0) is 55.4 Å². The average molecular weight is 494 g/mol. The third kappa shape index (κ3) is 4.76. The molecule has 1 aromatic heterocycles. The maximum absolute atomic E-state index is 13.6. The molecule has 5 rings (SSSR count). The van der Waals surface area contributed by atoms with Gasteiger partial charge in [0.1, 0.15) is 11.7 Å². The lowest BCUT2D eigenvalue weighted by atomic mass is 9.75. The number of aryl methyl sites for hydroxylation is 1. The van der Waals surface area contributed by atoms with Crippen LogP contribution in [0.25, 0.3) is 0 Å². The zero-order valence-electron chi connectivity index (χ0n) is 20.8. The van der Waals surface area contributed by atoms with Gasteiger partial charge in [0.2, 0.25) is 11.8 Å². The molecule has 1 saturated carbocycles. The van der Waals surface area contributed by atoms with E-state index in [2.05, 4.69) is 21.0 Å². The SMILES string of the molecule is Cn1nccc1C(=O)N[C@H](C(=O)Nc1ccc2c(c1)NC(=O)C21CCOCC1)C1CCCCCCC1. The fourth-order valence-corrected chi connectivity index (χ4v) is 5.97. The van der Waals surface area contributed by atoms with Gasteiger partial charge in [-0.1, -0.05) is 38.2 Å². The van der Waals surface area contributed by atoms with E-state index < -0.39 is 11.5 Å². The largest absolute Gasteiger partial charge is 0.381 e. The molecule has 1 spiro atoms. The molecular weight excluding hydrogens is 458 g/mol. The second kappa shape index (κ2) is 10.4. The highest BCUT2D eigenvalue weighted by atomic mass is 16.5. The number of benzene rings is 1. The molecule has 1 aliphatic carbocycles. The summed E-state index contributed by atoms with van der Waals surface area (Å²) in [6.07, 6.45) is 10.3. The Hall–Kier alpha value is -3.20. The number of ether oxygens (including phenoxy) is 1. The molecule has 1 atom stereocenters. The van der Waals surface area contributed by atoms with Crippen LogP contribution in [0, 0.1) is 5.92 Å². The molecule has 9 nitrogen and oxygen atoms in total. The number of hydrogen-bond acceptors (Lipinski definition) is 5. The second-order valence-electron chi connectivity index (χ2n) is 10.3. The number of anilines is 2. The summed E-state index contributed by atoms with van der Waals surface area (Å²) in [4.78, 5) is 39.5. The smallest absolute Gasteiger partial charge is 0.270 e. The van der Waals surface area contributed by atoms with E-state index in [0.717, 1.165) is 49.8 Å². The Balaban J connectivity index is 1.36. The first-order chi connectivity index (χ1) is 17.5. The highest BCUT2D eigenvalue weighted by Gasteiger charge is 2.47. The van der Waals surface area contributed by atoms with E-state index in [1.54, 1.807) is 19.3 Å². The van der Waals surface area contributed by atoms with Gasteiger partial charge in [0, 0.05) is 37.8 Å². The van der Waals surface area contributed by atoms with Gasteiger partial charge >= 0.3 is 0 Å². The molecule has 2 aromatic rings.